The maximum Gasteiger partial charge on any atom is 0.472 e. The predicted octanol–water partition coefficient (Wildman–Crippen LogP) is 4.63. The molecule has 0 heterocycles. The lowest BCUT2D eigenvalue weighted by Crippen LogP contribution is -2.64. The highest BCUT2D eigenvalue weighted by Crippen LogP contribution is 2.47. The highest BCUT2D eigenvalue weighted by Gasteiger charge is 2.51. The van der Waals surface area contributed by atoms with Gasteiger partial charge < -0.3 is 46.0 Å². The third-order valence-electron chi connectivity index (χ3n) is 9.20. The van der Waals surface area contributed by atoms with E-state index in [2.05, 4.69) is 43.5 Å². The highest BCUT2D eigenvalue weighted by molar-refractivity contribution is 7.47. The van der Waals surface area contributed by atoms with E-state index in [-0.39, 0.29) is 6.42 Å². The molecule has 0 aromatic heterocycles. The van der Waals surface area contributed by atoms with E-state index in [0.717, 1.165) is 51.4 Å². The first-order chi connectivity index (χ1) is 24.8. The first kappa shape index (κ1) is 48.5. The predicted molar refractivity (Wildman–Crippen MR) is 201 cm³/mol. The summed E-state index contributed by atoms with van der Waals surface area (Å²) in [4.78, 5) is 23.2. The summed E-state index contributed by atoms with van der Waals surface area (Å²) in [6, 6.07) is -1.26. The van der Waals surface area contributed by atoms with Gasteiger partial charge in [0.25, 0.3) is 0 Å². The van der Waals surface area contributed by atoms with E-state index in [0.29, 0.717) is 12.8 Å². The van der Waals surface area contributed by atoms with E-state index < -0.39 is 75.2 Å². The number of hydrogen-bond acceptors (Lipinski definition) is 11. The molecule has 13 nitrogen and oxygen atoms in total. The zero-order valence-corrected chi connectivity index (χ0v) is 32.4. The van der Waals surface area contributed by atoms with Crippen molar-refractivity contribution < 1.29 is 59.0 Å². The highest BCUT2D eigenvalue weighted by atomic mass is 31.2. The minimum absolute atomic E-state index is 0.264. The molecule has 0 spiro atoms. The Hall–Kier alpha value is -1.48. The number of unbranched alkanes of at least 4 members (excludes halogenated alkanes) is 13. The molecule has 1 aliphatic carbocycles. The number of phosphoric acid groups is 1. The lowest BCUT2D eigenvalue weighted by atomic mass is 9.85. The SMILES string of the molecule is CCCCC/C=C\CCCCCC(O)CC(=O)NC(COP(=O)(O)OC1C(O)C(O)C(O)C(O)C1O)C(O)/C=C/CC/C=C/CCCCCCCC. The normalized spacial score (nSPS) is 25.5. The van der Waals surface area contributed by atoms with Gasteiger partial charge in [0, 0.05) is 0 Å². The molecule has 14 heteroatoms. The number of carbonyl (C=O) groups excluding carboxylic acids is 1. The van der Waals surface area contributed by atoms with Crippen LogP contribution in [0.1, 0.15) is 136 Å². The van der Waals surface area contributed by atoms with E-state index in [1.165, 1.54) is 57.4 Å². The van der Waals surface area contributed by atoms with Crippen LogP contribution in [-0.4, -0.2) is 108 Å². The molecule has 1 rings (SSSR count). The van der Waals surface area contributed by atoms with Crippen molar-refractivity contribution >= 4 is 13.7 Å². The fourth-order valence-corrected chi connectivity index (χ4v) is 6.86. The largest absolute Gasteiger partial charge is 0.472 e. The van der Waals surface area contributed by atoms with Gasteiger partial charge in [0.1, 0.15) is 36.6 Å². The number of amides is 1. The van der Waals surface area contributed by atoms with E-state index >= 15 is 0 Å². The van der Waals surface area contributed by atoms with Crippen LogP contribution in [0.4, 0.5) is 0 Å². The van der Waals surface area contributed by atoms with Gasteiger partial charge in [0.05, 0.1) is 31.3 Å². The van der Waals surface area contributed by atoms with Crippen LogP contribution in [0, 0.1) is 0 Å². The van der Waals surface area contributed by atoms with E-state index in [1.807, 2.05) is 0 Å². The van der Waals surface area contributed by atoms with Gasteiger partial charge in [-0.15, -0.1) is 0 Å². The van der Waals surface area contributed by atoms with Crippen LogP contribution in [0.25, 0.3) is 0 Å². The monoisotopic (exact) mass is 763 g/mol. The van der Waals surface area contributed by atoms with Crippen LogP contribution in [0.2, 0.25) is 0 Å². The Bertz CT molecular complexity index is 1040. The first-order valence-corrected chi connectivity index (χ1v) is 21.0. The molecule has 0 aromatic rings. The summed E-state index contributed by atoms with van der Waals surface area (Å²) < 4.78 is 22.7. The van der Waals surface area contributed by atoms with Gasteiger partial charge in [0.2, 0.25) is 5.91 Å². The Morgan fingerprint density at radius 2 is 1.13 bits per heavy atom. The van der Waals surface area contributed by atoms with E-state index in [1.54, 1.807) is 6.08 Å². The number of aliphatic hydroxyl groups excluding tert-OH is 7. The van der Waals surface area contributed by atoms with E-state index in [9.17, 15) is 50.0 Å². The smallest absolute Gasteiger partial charge is 0.393 e. The molecule has 9 N–H and O–H groups in total. The van der Waals surface area contributed by atoms with Gasteiger partial charge in [-0.1, -0.05) is 108 Å². The Labute approximate surface area is 311 Å². The van der Waals surface area contributed by atoms with Crippen LogP contribution in [0.3, 0.4) is 0 Å². The van der Waals surface area contributed by atoms with Crippen molar-refractivity contribution in [2.75, 3.05) is 6.61 Å². The van der Waals surface area contributed by atoms with Gasteiger partial charge in [0.15, 0.2) is 0 Å². The molecule has 1 amide bonds. The molecule has 8 atom stereocenters. The zero-order chi connectivity index (χ0) is 38.8. The molecule has 1 saturated carbocycles. The number of rotatable bonds is 30. The summed E-state index contributed by atoms with van der Waals surface area (Å²) in [5.74, 6) is -0.617. The van der Waals surface area contributed by atoms with Crippen molar-refractivity contribution in [3.63, 3.8) is 0 Å². The second-order valence-corrected chi connectivity index (χ2v) is 15.4. The van der Waals surface area contributed by atoms with Gasteiger partial charge in [-0.2, -0.15) is 0 Å². The fourth-order valence-electron chi connectivity index (χ4n) is 5.89. The number of nitrogens with one attached hydrogen (secondary N) is 1. The van der Waals surface area contributed by atoms with Gasteiger partial charge in [-0.05, 0) is 57.8 Å². The summed E-state index contributed by atoms with van der Waals surface area (Å²) >= 11 is 0. The Morgan fingerprint density at radius 1 is 0.673 bits per heavy atom. The molecule has 0 aromatic carbocycles. The number of carbonyl (C=O) groups is 1. The van der Waals surface area contributed by atoms with E-state index in [4.69, 9.17) is 9.05 Å². The summed E-state index contributed by atoms with van der Waals surface area (Å²) in [5, 5.41) is 73.9. The van der Waals surface area contributed by atoms with Crippen molar-refractivity contribution in [3.05, 3.63) is 36.5 Å². The standard InChI is InChI=1S/C38H70NO12P/c1-3-5-7-9-11-13-15-16-18-20-22-24-26-31(41)30(28-50-52(48,49)51-38-36(46)34(44)33(43)35(45)37(38)47)39-32(42)27-29(40)25-23-21-19-17-14-12-10-8-6-4-2/h12,14,16,18,24,26,29-31,33-38,40-41,43-47H,3-11,13,15,17,19-23,25,27-28H2,1-2H3,(H,39,42)(H,48,49)/b14-12-,18-16+,26-24+. The van der Waals surface area contributed by atoms with Gasteiger partial charge in [-0.25, -0.2) is 4.57 Å². The van der Waals surface area contributed by atoms with Crippen LogP contribution in [0.5, 0.6) is 0 Å². The fraction of sp³-hybridized carbons (Fsp3) is 0.816. The van der Waals surface area contributed by atoms with Crippen LogP contribution in [-0.2, 0) is 18.4 Å². The molecule has 0 bridgehead atoms. The number of aliphatic hydroxyl groups is 7. The lowest BCUT2D eigenvalue weighted by molar-refractivity contribution is -0.220. The summed E-state index contributed by atoms with van der Waals surface area (Å²) in [7, 11) is -5.14. The van der Waals surface area contributed by atoms with Gasteiger partial charge >= 0.3 is 7.82 Å². The molecule has 0 saturated heterocycles. The Balaban J connectivity index is 2.71. The van der Waals surface area contributed by atoms with Crippen LogP contribution < -0.4 is 5.32 Å². The maximum atomic E-state index is 12.9. The molecule has 8 unspecified atom stereocenters. The second kappa shape index (κ2) is 28.9. The number of phosphoric ester groups is 1. The van der Waals surface area contributed by atoms with Crippen LogP contribution in [0.15, 0.2) is 36.5 Å². The first-order valence-electron chi connectivity index (χ1n) is 19.5. The van der Waals surface area contributed by atoms with Gasteiger partial charge in [-0.3, -0.25) is 13.8 Å². The molecule has 52 heavy (non-hydrogen) atoms. The lowest BCUT2D eigenvalue weighted by Gasteiger charge is -2.41. The van der Waals surface area contributed by atoms with Crippen LogP contribution >= 0.6 is 7.82 Å². The third-order valence-corrected chi connectivity index (χ3v) is 10.2. The summed E-state index contributed by atoms with van der Waals surface area (Å²) in [5.41, 5.74) is 0. The third kappa shape index (κ3) is 21.4. The van der Waals surface area contributed by atoms with Crippen molar-refractivity contribution in [1.29, 1.82) is 0 Å². The molecular formula is C38H70NO12P. The van der Waals surface area contributed by atoms with Crippen molar-refractivity contribution in [2.45, 2.75) is 191 Å². The average Bonchev–Trinajstić information content (AvgIpc) is 3.11. The van der Waals surface area contributed by atoms with Crippen molar-refractivity contribution in [3.8, 4) is 0 Å². The average molecular weight is 764 g/mol. The molecule has 0 aliphatic heterocycles. The number of hydrogen-bond donors (Lipinski definition) is 9. The number of allylic oxidation sites excluding steroid dienone is 5. The molecule has 1 aliphatic rings. The topological polar surface area (TPSA) is 226 Å². The minimum atomic E-state index is -5.14. The molecule has 304 valence electrons. The zero-order valence-electron chi connectivity index (χ0n) is 31.5. The Morgan fingerprint density at radius 3 is 1.73 bits per heavy atom. The maximum absolute atomic E-state index is 12.9. The Kier molecular flexibility index (Phi) is 27.0. The second-order valence-electron chi connectivity index (χ2n) is 13.9. The van der Waals surface area contributed by atoms with Crippen molar-refractivity contribution in [1.82, 2.24) is 5.32 Å². The quantitative estimate of drug-likeness (QED) is 0.0277. The summed E-state index contributed by atoms with van der Waals surface area (Å²) in [6.07, 6.45) is 15.5. The molecule has 1 fully saturated rings. The minimum Gasteiger partial charge on any atom is -0.393 e. The van der Waals surface area contributed by atoms with Crippen molar-refractivity contribution in [2.24, 2.45) is 0 Å². The molecule has 0 radical (unpaired) electrons. The summed E-state index contributed by atoms with van der Waals surface area (Å²) in [6.45, 7) is 3.62. The molecular weight excluding hydrogens is 693 g/mol.